The van der Waals surface area contributed by atoms with Crippen LogP contribution in [-0.4, -0.2) is 24.4 Å². The monoisotopic (exact) mass is 235 g/mol. The van der Waals surface area contributed by atoms with E-state index < -0.39 is 0 Å². The van der Waals surface area contributed by atoms with Gasteiger partial charge in [-0.2, -0.15) is 0 Å². The Bertz CT molecular complexity index is 586. The Labute approximate surface area is 97.3 Å². The van der Waals surface area contributed by atoms with Gasteiger partial charge >= 0.3 is 0 Å². The van der Waals surface area contributed by atoms with Crippen LogP contribution in [0.4, 0.5) is 5.82 Å². The summed E-state index contributed by atoms with van der Waals surface area (Å²) in [5, 5.41) is 4.99. The third kappa shape index (κ3) is 1.84. The molecule has 0 bridgehead atoms. The van der Waals surface area contributed by atoms with Crippen molar-refractivity contribution in [1.29, 1.82) is 0 Å². The number of rotatable bonds is 3. The maximum atomic E-state index is 11.6. The van der Waals surface area contributed by atoms with Crippen molar-refractivity contribution in [3.8, 4) is 22.6 Å². The van der Waals surface area contributed by atoms with Gasteiger partial charge in [-0.15, -0.1) is 0 Å². The number of benzene rings is 1. The Morgan fingerprint density at radius 1 is 1.18 bits per heavy atom. The largest absolute Gasteiger partial charge is 0.497 e. The average Bonchev–Trinajstić information content (AvgIpc) is 2.68. The first-order chi connectivity index (χ1) is 8.17. The molecule has 0 fully saturated rings. The molecule has 2 rings (SSSR count). The highest BCUT2D eigenvalue weighted by Crippen LogP contribution is 2.33. The molecule has 0 atom stereocenters. The number of ether oxygens (including phenoxy) is 2. The SMILES string of the molecule is COc1ccc(-c2c(N)[nH][nH]c2=O)c(OC)c1. The first-order valence-electron chi connectivity index (χ1n) is 4.96. The highest BCUT2D eigenvalue weighted by molar-refractivity contribution is 5.78. The second kappa shape index (κ2) is 4.25. The zero-order chi connectivity index (χ0) is 12.4. The molecule has 0 radical (unpaired) electrons. The van der Waals surface area contributed by atoms with Crippen LogP contribution in [0.5, 0.6) is 11.5 Å². The minimum absolute atomic E-state index is 0.276. The fraction of sp³-hybridized carbons (Fsp3) is 0.182. The molecular formula is C11H13N3O3. The molecule has 2 aromatic rings. The van der Waals surface area contributed by atoms with Gasteiger partial charge in [0.1, 0.15) is 17.3 Å². The molecule has 0 unspecified atom stereocenters. The number of nitrogens with one attached hydrogen (secondary N) is 2. The molecule has 17 heavy (non-hydrogen) atoms. The first kappa shape index (κ1) is 11.1. The number of aromatic amines is 2. The van der Waals surface area contributed by atoms with Crippen LogP contribution in [0.1, 0.15) is 0 Å². The average molecular weight is 235 g/mol. The second-order valence-electron chi connectivity index (χ2n) is 3.43. The summed E-state index contributed by atoms with van der Waals surface area (Å²) in [7, 11) is 3.08. The van der Waals surface area contributed by atoms with E-state index in [9.17, 15) is 4.79 Å². The quantitative estimate of drug-likeness (QED) is 0.739. The van der Waals surface area contributed by atoms with Crippen LogP contribution >= 0.6 is 0 Å². The third-order valence-electron chi connectivity index (χ3n) is 2.49. The highest BCUT2D eigenvalue weighted by Gasteiger charge is 2.15. The number of hydrogen-bond donors (Lipinski definition) is 3. The van der Waals surface area contributed by atoms with Gasteiger partial charge in [-0.25, -0.2) is 0 Å². The molecule has 1 aromatic carbocycles. The Balaban J connectivity index is 2.63. The van der Waals surface area contributed by atoms with Crippen molar-refractivity contribution in [2.24, 2.45) is 0 Å². The number of H-pyrrole nitrogens is 2. The van der Waals surface area contributed by atoms with E-state index >= 15 is 0 Å². The molecular weight excluding hydrogens is 222 g/mol. The minimum atomic E-state index is -0.286. The van der Waals surface area contributed by atoms with Crippen LogP contribution in [0.2, 0.25) is 0 Å². The second-order valence-corrected chi connectivity index (χ2v) is 3.43. The third-order valence-corrected chi connectivity index (χ3v) is 2.49. The molecule has 0 aliphatic heterocycles. The zero-order valence-electron chi connectivity index (χ0n) is 9.53. The maximum Gasteiger partial charge on any atom is 0.274 e. The van der Waals surface area contributed by atoms with Gasteiger partial charge in [0, 0.05) is 11.6 Å². The first-order valence-corrected chi connectivity index (χ1v) is 4.96. The van der Waals surface area contributed by atoms with Crippen LogP contribution in [0, 0.1) is 0 Å². The summed E-state index contributed by atoms with van der Waals surface area (Å²) in [5.41, 5.74) is 6.39. The van der Waals surface area contributed by atoms with E-state index in [-0.39, 0.29) is 11.4 Å². The van der Waals surface area contributed by atoms with Gasteiger partial charge in [0.15, 0.2) is 0 Å². The van der Waals surface area contributed by atoms with Gasteiger partial charge in [-0.3, -0.25) is 15.0 Å². The molecule has 6 nitrogen and oxygen atoms in total. The molecule has 0 amide bonds. The molecule has 1 aromatic heterocycles. The lowest BCUT2D eigenvalue weighted by molar-refractivity contribution is 0.395. The number of hydrogen-bond acceptors (Lipinski definition) is 4. The summed E-state index contributed by atoms with van der Waals surface area (Å²) in [6, 6.07) is 5.16. The van der Waals surface area contributed by atoms with Crippen molar-refractivity contribution in [2.75, 3.05) is 20.0 Å². The van der Waals surface area contributed by atoms with Crippen LogP contribution in [0.15, 0.2) is 23.0 Å². The van der Waals surface area contributed by atoms with E-state index in [2.05, 4.69) is 10.2 Å². The molecule has 0 saturated carbocycles. The smallest absolute Gasteiger partial charge is 0.274 e. The van der Waals surface area contributed by atoms with E-state index in [1.165, 1.54) is 7.11 Å². The van der Waals surface area contributed by atoms with Crippen molar-refractivity contribution in [2.45, 2.75) is 0 Å². The van der Waals surface area contributed by atoms with E-state index in [1.54, 1.807) is 25.3 Å². The predicted octanol–water partition coefficient (Wildman–Crippen LogP) is 0.969. The molecule has 1 heterocycles. The lowest BCUT2D eigenvalue weighted by Gasteiger charge is -2.08. The lowest BCUT2D eigenvalue weighted by Crippen LogP contribution is -2.03. The number of aromatic nitrogens is 2. The molecule has 0 aliphatic carbocycles. The van der Waals surface area contributed by atoms with Gasteiger partial charge in [-0.05, 0) is 12.1 Å². The summed E-state index contributed by atoms with van der Waals surface area (Å²) in [4.78, 5) is 11.6. The topological polar surface area (TPSA) is 93.1 Å². The zero-order valence-corrected chi connectivity index (χ0v) is 9.53. The van der Waals surface area contributed by atoms with Gasteiger partial charge < -0.3 is 15.2 Å². The van der Waals surface area contributed by atoms with Crippen molar-refractivity contribution in [3.63, 3.8) is 0 Å². The molecule has 4 N–H and O–H groups in total. The number of methoxy groups -OCH3 is 2. The Hall–Kier alpha value is -2.37. The summed E-state index contributed by atoms with van der Waals surface area (Å²) in [5.74, 6) is 1.45. The van der Waals surface area contributed by atoms with Crippen molar-refractivity contribution < 1.29 is 9.47 Å². The van der Waals surface area contributed by atoms with Gasteiger partial charge in [0.2, 0.25) is 0 Å². The van der Waals surface area contributed by atoms with Crippen LogP contribution < -0.4 is 20.8 Å². The molecule has 6 heteroatoms. The van der Waals surface area contributed by atoms with Gasteiger partial charge in [-0.1, -0.05) is 0 Å². The van der Waals surface area contributed by atoms with Crippen LogP contribution in [0.3, 0.4) is 0 Å². The Morgan fingerprint density at radius 3 is 2.47 bits per heavy atom. The Morgan fingerprint density at radius 2 is 1.94 bits per heavy atom. The molecule has 90 valence electrons. The van der Waals surface area contributed by atoms with E-state index in [0.29, 0.717) is 22.6 Å². The highest BCUT2D eigenvalue weighted by atomic mass is 16.5. The lowest BCUT2D eigenvalue weighted by atomic mass is 10.1. The number of nitrogens with two attached hydrogens (primary N) is 1. The van der Waals surface area contributed by atoms with E-state index in [0.717, 1.165) is 0 Å². The molecule has 0 aliphatic rings. The van der Waals surface area contributed by atoms with E-state index in [4.69, 9.17) is 15.2 Å². The van der Waals surface area contributed by atoms with Crippen LogP contribution in [0.25, 0.3) is 11.1 Å². The van der Waals surface area contributed by atoms with Crippen molar-refractivity contribution in [1.82, 2.24) is 10.2 Å². The predicted molar refractivity (Wildman–Crippen MR) is 64.4 cm³/mol. The summed E-state index contributed by atoms with van der Waals surface area (Å²) in [6.45, 7) is 0. The Kier molecular flexibility index (Phi) is 2.78. The number of nitrogen functional groups attached to an aromatic ring is 1. The normalized spacial score (nSPS) is 10.2. The van der Waals surface area contributed by atoms with Gasteiger partial charge in [0.05, 0.1) is 19.8 Å². The number of anilines is 1. The van der Waals surface area contributed by atoms with Crippen LogP contribution in [-0.2, 0) is 0 Å². The van der Waals surface area contributed by atoms with E-state index in [1.807, 2.05) is 0 Å². The summed E-state index contributed by atoms with van der Waals surface area (Å²) < 4.78 is 10.3. The minimum Gasteiger partial charge on any atom is -0.497 e. The van der Waals surface area contributed by atoms with Crippen molar-refractivity contribution in [3.05, 3.63) is 28.6 Å². The molecule has 0 spiro atoms. The standard InChI is InChI=1S/C11H13N3O3/c1-16-6-3-4-7(8(5-6)17-2)9-10(12)13-14-11(9)15/h3-5H,1-2H3,(H4,12,13,14,15). The maximum absolute atomic E-state index is 11.6. The summed E-state index contributed by atoms with van der Waals surface area (Å²) in [6.07, 6.45) is 0. The molecule has 0 saturated heterocycles. The fourth-order valence-corrected chi connectivity index (χ4v) is 1.64. The summed E-state index contributed by atoms with van der Waals surface area (Å²) >= 11 is 0. The van der Waals surface area contributed by atoms with Gasteiger partial charge in [0.25, 0.3) is 5.56 Å². The fourth-order valence-electron chi connectivity index (χ4n) is 1.64. The van der Waals surface area contributed by atoms with Crippen molar-refractivity contribution >= 4 is 5.82 Å².